The minimum atomic E-state index is -0.412. The second-order valence-electron chi connectivity index (χ2n) is 4.41. The first-order valence-electron chi connectivity index (χ1n) is 5.27. The van der Waals surface area contributed by atoms with E-state index in [9.17, 15) is 9.59 Å². The molecule has 5 nitrogen and oxygen atoms in total. The number of likely N-dealkylation sites (tertiary alicyclic amines) is 1. The summed E-state index contributed by atoms with van der Waals surface area (Å²) in [5, 5.41) is 2.79. The standard InChI is InChI=1S/C10H19N3O2/c1-6(2)4-12-9(14)7(3)13-5-8(11)10(13)15/h6-8H,4-5,11H2,1-3H3,(H,12,14). The molecular weight excluding hydrogens is 194 g/mol. The van der Waals surface area contributed by atoms with E-state index in [0.29, 0.717) is 19.0 Å². The first-order valence-corrected chi connectivity index (χ1v) is 5.27. The number of hydrogen-bond donors (Lipinski definition) is 2. The van der Waals surface area contributed by atoms with Gasteiger partial charge < -0.3 is 16.0 Å². The van der Waals surface area contributed by atoms with Gasteiger partial charge in [0.05, 0.1) is 0 Å². The maximum atomic E-state index is 11.6. The third-order valence-electron chi connectivity index (χ3n) is 2.53. The van der Waals surface area contributed by atoms with Crippen LogP contribution in [0.1, 0.15) is 20.8 Å². The summed E-state index contributed by atoms with van der Waals surface area (Å²) in [6.45, 7) is 6.89. The third-order valence-corrected chi connectivity index (χ3v) is 2.53. The van der Waals surface area contributed by atoms with Crippen LogP contribution in [0, 0.1) is 5.92 Å². The topological polar surface area (TPSA) is 75.4 Å². The van der Waals surface area contributed by atoms with Crippen molar-refractivity contribution in [1.82, 2.24) is 10.2 Å². The zero-order valence-corrected chi connectivity index (χ0v) is 9.49. The van der Waals surface area contributed by atoms with Gasteiger partial charge in [0.25, 0.3) is 0 Å². The highest BCUT2D eigenvalue weighted by atomic mass is 16.2. The molecule has 86 valence electrons. The van der Waals surface area contributed by atoms with E-state index in [2.05, 4.69) is 5.32 Å². The summed E-state index contributed by atoms with van der Waals surface area (Å²) in [6, 6.07) is -0.818. The van der Waals surface area contributed by atoms with Gasteiger partial charge in [-0.15, -0.1) is 0 Å². The molecule has 0 radical (unpaired) electrons. The Morgan fingerprint density at radius 3 is 2.60 bits per heavy atom. The quantitative estimate of drug-likeness (QED) is 0.607. The summed E-state index contributed by atoms with van der Waals surface area (Å²) < 4.78 is 0. The molecule has 0 aromatic carbocycles. The predicted octanol–water partition coefficient (Wildman–Crippen LogP) is -0.683. The number of carbonyl (C=O) groups excluding carboxylic acids is 2. The van der Waals surface area contributed by atoms with Crippen LogP contribution >= 0.6 is 0 Å². The zero-order chi connectivity index (χ0) is 11.6. The molecule has 0 aromatic heterocycles. The van der Waals surface area contributed by atoms with Crippen molar-refractivity contribution < 1.29 is 9.59 Å². The van der Waals surface area contributed by atoms with E-state index in [-0.39, 0.29) is 11.8 Å². The molecule has 1 fully saturated rings. The average molecular weight is 213 g/mol. The summed E-state index contributed by atoms with van der Waals surface area (Å²) >= 11 is 0. The lowest BCUT2D eigenvalue weighted by Gasteiger charge is -2.39. The van der Waals surface area contributed by atoms with E-state index < -0.39 is 12.1 Å². The molecule has 2 amide bonds. The number of amides is 2. The fourth-order valence-corrected chi connectivity index (χ4v) is 1.42. The Bertz CT molecular complexity index is 265. The van der Waals surface area contributed by atoms with Crippen LogP contribution in [-0.2, 0) is 9.59 Å². The van der Waals surface area contributed by atoms with Gasteiger partial charge in [0.1, 0.15) is 12.1 Å². The number of nitrogens with zero attached hydrogens (tertiary/aromatic N) is 1. The molecule has 1 aliphatic rings. The first kappa shape index (κ1) is 12.0. The van der Waals surface area contributed by atoms with Crippen LogP contribution < -0.4 is 11.1 Å². The maximum absolute atomic E-state index is 11.6. The monoisotopic (exact) mass is 213 g/mol. The van der Waals surface area contributed by atoms with Crippen LogP contribution in [0.4, 0.5) is 0 Å². The second kappa shape index (κ2) is 4.61. The number of carbonyl (C=O) groups is 2. The smallest absolute Gasteiger partial charge is 0.242 e. The van der Waals surface area contributed by atoms with Crippen molar-refractivity contribution in [3.05, 3.63) is 0 Å². The Labute approximate surface area is 90.0 Å². The fourth-order valence-electron chi connectivity index (χ4n) is 1.42. The maximum Gasteiger partial charge on any atom is 0.242 e. The van der Waals surface area contributed by atoms with Crippen LogP contribution in [0.25, 0.3) is 0 Å². The van der Waals surface area contributed by atoms with Gasteiger partial charge in [0, 0.05) is 13.1 Å². The molecule has 0 aromatic rings. The Kier molecular flexibility index (Phi) is 3.68. The lowest BCUT2D eigenvalue weighted by molar-refractivity contribution is -0.150. The molecular formula is C10H19N3O2. The van der Waals surface area contributed by atoms with Gasteiger partial charge in [-0.25, -0.2) is 0 Å². The van der Waals surface area contributed by atoms with E-state index in [1.54, 1.807) is 6.92 Å². The molecule has 1 heterocycles. The molecule has 1 saturated heterocycles. The Morgan fingerprint density at radius 2 is 2.20 bits per heavy atom. The van der Waals surface area contributed by atoms with Crippen molar-refractivity contribution in [2.45, 2.75) is 32.9 Å². The SMILES string of the molecule is CC(C)CNC(=O)C(C)N1CC(N)C1=O. The molecule has 1 aliphatic heterocycles. The minimum absolute atomic E-state index is 0.107. The zero-order valence-electron chi connectivity index (χ0n) is 9.49. The van der Waals surface area contributed by atoms with Crippen molar-refractivity contribution in [2.24, 2.45) is 11.7 Å². The molecule has 15 heavy (non-hydrogen) atoms. The van der Waals surface area contributed by atoms with E-state index in [1.165, 1.54) is 4.90 Å². The van der Waals surface area contributed by atoms with Gasteiger partial charge in [-0.2, -0.15) is 0 Å². The summed E-state index contributed by atoms with van der Waals surface area (Å²) in [6.07, 6.45) is 0. The Morgan fingerprint density at radius 1 is 1.60 bits per heavy atom. The molecule has 2 atom stereocenters. The fraction of sp³-hybridized carbons (Fsp3) is 0.800. The van der Waals surface area contributed by atoms with Gasteiger partial charge >= 0.3 is 0 Å². The van der Waals surface area contributed by atoms with Gasteiger partial charge in [-0.1, -0.05) is 13.8 Å². The van der Waals surface area contributed by atoms with Crippen LogP contribution in [0.15, 0.2) is 0 Å². The molecule has 0 spiro atoms. The minimum Gasteiger partial charge on any atom is -0.354 e. The Balaban J connectivity index is 2.37. The highest BCUT2D eigenvalue weighted by molar-refractivity contribution is 5.93. The van der Waals surface area contributed by atoms with Crippen molar-refractivity contribution in [3.8, 4) is 0 Å². The lowest BCUT2D eigenvalue weighted by atomic mass is 10.1. The van der Waals surface area contributed by atoms with Crippen molar-refractivity contribution >= 4 is 11.8 Å². The summed E-state index contributed by atoms with van der Waals surface area (Å²) in [4.78, 5) is 24.4. The summed E-state index contributed by atoms with van der Waals surface area (Å²) in [5.74, 6) is 0.168. The molecule has 0 aliphatic carbocycles. The van der Waals surface area contributed by atoms with Gasteiger partial charge in [-0.3, -0.25) is 9.59 Å². The van der Waals surface area contributed by atoms with Gasteiger partial charge in [0.2, 0.25) is 11.8 Å². The summed E-state index contributed by atoms with van der Waals surface area (Å²) in [7, 11) is 0. The molecule has 2 unspecified atom stereocenters. The first-order chi connectivity index (χ1) is 6.93. The number of β-lactam (4-membered cyclic amide) rings is 1. The number of hydrogen-bond acceptors (Lipinski definition) is 3. The molecule has 3 N–H and O–H groups in total. The largest absolute Gasteiger partial charge is 0.354 e. The number of nitrogens with one attached hydrogen (secondary N) is 1. The van der Waals surface area contributed by atoms with Gasteiger partial charge in [0.15, 0.2) is 0 Å². The van der Waals surface area contributed by atoms with Crippen LogP contribution in [-0.4, -0.2) is 41.9 Å². The second-order valence-corrected chi connectivity index (χ2v) is 4.41. The normalized spacial score (nSPS) is 22.6. The van der Waals surface area contributed by atoms with Gasteiger partial charge in [-0.05, 0) is 12.8 Å². The highest BCUT2D eigenvalue weighted by Gasteiger charge is 2.39. The van der Waals surface area contributed by atoms with Crippen LogP contribution in [0.5, 0.6) is 0 Å². The van der Waals surface area contributed by atoms with E-state index in [4.69, 9.17) is 5.73 Å². The van der Waals surface area contributed by atoms with Crippen LogP contribution in [0.3, 0.4) is 0 Å². The average Bonchev–Trinajstić information content (AvgIpc) is 2.20. The highest BCUT2D eigenvalue weighted by Crippen LogP contribution is 2.12. The number of rotatable bonds is 4. The van der Waals surface area contributed by atoms with E-state index >= 15 is 0 Å². The Hall–Kier alpha value is -1.10. The van der Waals surface area contributed by atoms with Crippen molar-refractivity contribution in [2.75, 3.05) is 13.1 Å². The molecule has 0 bridgehead atoms. The van der Waals surface area contributed by atoms with Crippen molar-refractivity contribution in [1.29, 1.82) is 0 Å². The number of nitrogens with two attached hydrogens (primary N) is 1. The lowest BCUT2D eigenvalue weighted by Crippen LogP contribution is -2.66. The van der Waals surface area contributed by atoms with E-state index in [0.717, 1.165) is 0 Å². The van der Waals surface area contributed by atoms with Crippen molar-refractivity contribution in [3.63, 3.8) is 0 Å². The summed E-state index contributed by atoms with van der Waals surface area (Å²) in [5.41, 5.74) is 5.45. The third kappa shape index (κ3) is 2.68. The van der Waals surface area contributed by atoms with E-state index in [1.807, 2.05) is 13.8 Å². The van der Waals surface area contributed by atoms with Crippen LogP contribution in [0.2, 0.25) is 0 Å². The predicted molar refractivity (Wildman–Crippen MR) is 57.0 cm³/mol. The molecule has 1 rings (SSSR count). The molecule has 0 saturated carbocycles. The molecule has 5 heteroatoms.